The predicted octanol–water partition coefficient (Wildman–Crippen LogP) is -0.782. The van der Waals surface area contributed by atoms with Crippen LogP contribution in [-0.4, -0.2) is 58.0 Å². The van der Waals surface area contributed by atoms with Crippen molar-refractivity contribution in [3.63, 3.8) is 0 Å². The molecule has 1 saturated heterocycles. The monoisotopic (exact) mass is 273 g/mol. The van der Waals surface area contributed by atoms with Gasteiger partial charge in [-0.15, -0.1) is 0 Å². The molecule has 0 aromatic rings. The molecule has 0 aliphatic carbocycles. The fraction of sp³-hybridized carbons (Fsp3) is 0.500. The Morgan fingerprint density at radius 3 is 2.79 bits per heavy atom. The lowest BCUT2D eigenvalue weighted by molar-refractivity contribution is -0.220. The van der Waals surface area contributed by atoms with E-state index in [1.807, 2.05) is 0 Å². The number of alkyl halides is 1. The number of hydrogen-bond acceptors (Lipinski definition) is 4. The first-order valence-electron chi connectivity index (χ1n) is 5.44. The number of nitrogens with zero attached hydrogens (tertiary/aromatic N) is 2. The van der Waals surface area contributed by atoms with Gasteiger partial charge in [-0.05, 0) is 12.5 Å². The Hall–Kier alpha value is -2.16. The second-order valence-corrected chi connectivity index (χ2v) is 4.29. The average Bonchev–Trinajstić information content (AvgIpc) is 2.60. The Morgan fingerprint density at radius 2 is 2.26 bits per heavy atom. The molecular formula is C10H12FN3O5. The highest BCUT2D eigenvalue weighted by atomic mass is 19.1. The Kier molecular flexibility index (Phi) is 3.14. The highest BCUT2D eigenvalue weighted by molar-refractivity contribution is 5.90. The summed E-state index contributed by atoms with van der Waals surface area (Å²) in [4.78, 5) is 39.1. The van der Waals surface area contributed by atoms with Crippen LogP contribution in [-0.2, 0) is 14.4 Å². The molecule has 9 heteroatoms. The Balaban J connectivity index is 2.23. The number of hydrogen-bond donors (Lipinski definition) is 2. The van der Waals surface area contributed by atoms with E-state index in [4.69, 9.17) is 10.8 Å². The molecule has 1 unspecified atom stereocenters. The van der Waals surface area contributed by atoms with Crippen LogP contribution < -0.4 is 5.73 Å². The maximum atomic E-state index is 13.0. The SMILES string of the molecule is CC1=C[C@@H](C(N)=O)N2C[C@H]1N(OC(F)C(=O)O)C2=O. The lowest BCUT2D eigenvalue weighted by Gasteiger charge is -2.26. The van der Waals surface area contributed by atoms with Crippen LogP contribution >= 0.6 is 0 Å². The molecule has 3 N–H and O–H groups in total. The van der Waals surface area contributed by atoms with Gasteiger partial charge in [-0.25, -0.2) is 18.8 Å². The molecule has 3 atom stereocenters. The molecule has 104 valence electrons. The largest absolute Gasteiger partial charge is 0.477 e. The number of halogens is 1. The van der Waals surface area contributed by atoms with Gasteiger partial charge in [0, 0.05) is 0 Å². The molecule has 0 aromatic carbocycles. The number of carbonyl (C=O) groups excluding carboxylic acids is 2. The molecule has 2 aliphatic heterocycles. The summed E-state index contributed by atoms with van der Waals surface area (Å²) in [5, 5.41) is 9.07. The number of hydroxylamine groups is 2. The van der Waals surface area contributed by atoms with Gasteiger partial charge in [0.15, 0.2) is 0 Å². The molecule has 0 aromatic heterocycles. The number of primary amides is 1. The van der Waals surface area contributed by atoms with Crippen LogP contribution in [0, 0.1) is 0 Å². The smallest absolute Gasteiger partial charge is 0.368 e. The predicted molar refractivity (Wildman–Crippen MR) is 58.1 cm³/mol. The van der Waals surface area contributed by atoms with Gasteiger partial charge in [-0.1, -0.05) is 6.08 Å². The van der Waals surface area contributed by atoms with E-state index in [1.165, 1.54) is 6.08 Å². The van der Waals surface area contributed by atoms with Crippen LogP contribution in [0.1, 0.15) is 6.92 Å². The van der Waals surface area contributed by atoms with Gasteiger partial charge in [0.25, 0.3) is 0 Å². The zero-order chi connectivity index (χ0) is 14.3. The Morgan fingerprint density at radius 1 is 1.63 bits per heavy atom. The number of fused-ring (bicyclic) bond motifs is 2. The highest BCUT2D eigenvalue weighted by Crippen LogP contribution is 2.30. The fourth-order valence-electron chi connectivity index (χ4n) is 2.11. The van der Waals surface area contributed by atoms with Gasteiger partial charge < -0.3 is 15.7 Å². The summed E-state index contributed by atoms with van der Waals surface area (Å²) in [5.41, 5.74) is 5.75. The number of carboxylic acids is 1. The van der Waals surface area contributed by atoms with Crippen molar-refractivity contribution in [1.29, 1.82) is 0 Å². The quantitative estimate of drug-likeness (QED) is 0.652. The Bertz CT molecular complexity index is 480. The van der Waals surface area contributed by atoms with Crippen LogP contribution in [0.5, 0.6) is 0 Å². The number of carboxylic acid groups (broad SMARTS) is 1. The Labute approximate surface area is 107 Å². The molecule has 0 radical (unpaired) electrons. The molecule has 2 heterocycles. The van der Waals surface area contributed by atoms with Crippen molar-refractivity contribution < 1.29 is 28.7 Å². The molecular weight excluding hydrogens is 261 g/mol. The first-order chi connectivity index (χ1) is 8.82. The standard InChI is InChI=1S/C10H12FN3O5/c1-4-2-5(8(12)15)13-3-6(4)14(10(13)18)19-7(11)9(16)17/h2,5-7H,3H2,1H3,(H2,12,15)(H,16,17)/t5-,6+,7?/m0/s1. The van der Waals surface area contributed by atoms with E-state index in [0.29, 0.717) is 10.6 Å². The molecule has 3 amide bonds. The third-order valence-electron chi connectivity index (χ3n) is 3.06. The molecule has 1 fully saturated rings. The summed E-state index contributed by atoms with van der Waals surface area (Å²) < 4.78 is 13.0. The zero-order valence-corrected chi connectivity index (χ0v) is 9.95. The molecule has 19 heavy (non-hydrogen) atoms. The minimum absolute atomic E-state index is 0.0983. The zero-order valence-electron chi connectivity index (χ0n) is 9.95. The highest BCUT2D eigenvalue weighted by Gasteiger charge is 2.48. The van der Waals surface area contributed by atoms with Gasteiger partial charge >= 0.3 is 18.4 Å². The normalized spacial score (nSPS) is 27.3. The van der Waals surface area contributed by atoms with Crippen LogP contribution in [0.2, 0.25) is 0 Å². The maximum absolute atomic E-state index is 13.0. The number of rotatable bonds is 4. The number of nitrogens with two attached hydrogens (primary N) is 1. The summed E-state index contributed by atoms with van der Waals surface area (Å²) in [6.07, 6.45) is -1.17. The summed E-state index contributed by atoms with van der Waals surface area (Å²) in [6.45, 7) is 1.72. The lowest BCUT2D eigenvalue weighted by atomic mass is 10.0. The van der Waals surface area contributed by atoms with E-state index in [0.717, 1.165) is 4.90 Å². The van der Waals surface area contributed by atoms with Crippen LogP contribution in [0.3, 0.4) is 0 Å². The van der Waals surface area contributed by atoms with Crippen LogP contribution in [0.25, 0.3) is 0 Å². The maximum Gasteiger partial charge on any atom is 0.368 e. The van der Waals surface area contributed by atoms with Gasteiger partial charge in [0.1, 0.15) is 12.1 Å². The van der Waals surface area contributed by atoms with E-state index in [2.05, 4.69) is 4.84 Å². The van der Waals surface area contributed by atoms with Gasteiger partial charge in [0.05, 0.1) is 6.54 Å². The van der Waals surface area contributed by atoms with Crippen LogP contribution in [0.4, 0.5) is 9.18 Å². The summed E-state index contributed by atoms with van der Waals surface area (Å²) in [7, 11) is 0. The van der Waals surface area contributed by atoms with Crippen LogP contribution in [0.15, 0.2) is 11.6 Å². The van der Waals surface area contributed by atoms with E-state index in [9.17, 15) is 18.8 Å². The number of urea groups is 1. The molecule has 0 saturated carbocycles. The summed E-state index contributed by atoms with van der Waals surface area (Å²) >= 11 is 0. The topological polar surface area (TPSA) is 113 Å². The van der Waals surface area contributed by atoms with E-state index >= 15 is 0 Å². The van der Waals surface area contributed by atoms with E-state index < -0.39 is 36.3 Å². The molecule has 0 spiro atoms. The van der Waals surface area contributed by atoms with Crippen molar-refractivity contribution in [3.05, 3.63) is 11.6 Å². The third kappa shape index (κ3) is 2.12. The van der Waals surface area contributed by atoms with Crippen molar-refractivity contribution in [1.82, 2.24) is 9.96 Å². The van der Waals surface area contributed by atoms with E-state index in [1.54, 1.807) is 6.92 Å². The van der Waals surface area contributed by atoms with Crippen molar-refractivity contribution >= 4 is 17.9 Å². The second kappa shape index (κ2) is 4.50. The first kappa shape index (κ1) is 13.3. The van der Waals surface area contributed by atoms with Crippen molar-refractivity contribution in [2.24, 2.45) is 5.73 Å². The number of carbonyl (C=O) groups is 3. The minimum Gasteiger partial charge on any atom is -0.477 e. The van der Waals surface area contributed by atoms with E-state index in [-0.39, 0.29) is 6.54 Å². The summed E-state index contributed by atoms with van der Waals surface area (Å²) in [6, 6.07) is -2.34. The number of amides is 3. The van der Waals surface area contributed by atoms with Gasteiger partial charge in [0.2, 0.25) is 5.91 Å². The van der Waals surface area contributed by atoms with Crippen molar-refractivity contribution in [3.8, 4) is 0 Å². The second-order valence-electron chi connectivity index (χ2n) is 4.29. The molecule has 2 aliphatic rings. The fourth-order valence-corrected chi connectivity index (χ4v) is 2.11. The summed E-state index contributed by atoms with van der Waals surface area (Å²) in [5.74, 6) is -2.56. The first-order valence-corrected chi connectivity index (χ1v) is 5.44. The lowest BCUT2D eigenvalue weighted by Crippen LogP contribution is -2.46. The minimum atomic E-state index is -2.65. The average molecular weight is 273 g/mol. The number of aliphatic carboxylic acids is 1. The molecule has 2 rings (SSSR count). The molecule has 8 nitrogen and oxygen atoms in total. The third-order valence-corrected chi connectivity index (χ3v) is 3.06. The van der Waals surface area contributed by atoms with Crippen molar-refractivity contribution in [2.45, 2.75) is 25.4 Å². The molecule has 2 bridgehead atoms. The van der Waals surface area contributed by atoms with Gasteiger partial charge in [-0.3, -0.25) is 4.79 Å². The van der Waals surface area contributed by atoms with Crippen molar-refractivity contribution in [2.75, 3.05) is 6.54 Å². The van der Waals surface area contributed by atoms with Gasteiger partial charge in [-0.2, -0.15) is 5.06 Å².